The molecule has 0 bridgehead atoms. The number of nitrogens with two attached hydrogens (primary N) is 1. The Balaban J connectivity index is 2.21. The molecule has 1 aliphatic carbocycles. The lowest BCUT2D eigenvalue weighted by molar-refractivity contribution is 0.268. The summed E-state index contributed by atoms with van der Waals surface area (Å²) in [6, 6.07) is 0. The minimum absolute atomic E-state index is 0.211. The van der Waals surface area contributed by atoms with Gasteiger partial charge in [-0.2, -0.15) is 0 Å². The first-order valence-corrected chi connectivity index (χ1v) is 6.25. The lowest BCUT2D eigenvalue weighted by Gasteiger charge is -2.42. The lowest BCUT2D eigenvalue weighted by atomic mass is 9.75. The summed E-state index contributed by atoms with van der Waals surface area (Å²) in [5.41, 5.74) is 2.75. The van der Waals surface area contributed by atoms with E-state index in [-0.39, 0.29) is 5.54 Å². The van der Waals surface area contributed by atoms with Crippen LogP contribution in [0.15, 0.2) is 10.8 Å². The van der Waals surface area contributed by atoms with E-state index in [4.69, 9.17) is 5.84 Å². The Morgan fingerprint density at radius 3 is 2.62 bits per heavy atom. The number of aromatic nitrogens is 2. The summed E-state index contributed by atoms with van der Waals surface area (Å²) in [6.45, 7) is 2.20. The largest absolute Gasteiger partial charge is 0.364 e. The van der Waals surface area contributed by atoms with Gasteiger partial charge in [0.2, 0.25) is 0 Å². The van der Waals surface area contributed by atoms with Crippen LogP contribution in [-0.2, 0) is 0 Å². The van der Waals surface area contributed by atoms with Gasteiger partial charge in [0.15, 0.2) is 5.82 Å². The lowest BCUT2D eigenvalue weighted by Crippen LogP contribution is -2.44. The van der Waals surface area contributed by atoms with Gasteiger partial charge in [0.25, 0.3) is 0 Å². The number of halogens is 1. The topological polar surface area (TPSA) is 75.9 Å². The molecule has 0 radical (unpaired) electrons. The van der Waals surface area contributed by atoms with Gasteiger partial charge in [-0.05, 0) is 41.6 Å². The van der Waals surface area contributed by atoms with Crippen LogP contribution in [-0.4, -0.2) is 15.5 Å². The number of anilines is 2. The molecule has 88 valence electrons. The number of hydrogen-bond acceptors (Lipinski definition) is 5. The fraction of sp³-hybridized carbons (Fsp3) is 0.600. The number of hydrogen-bond donors (Lipinski definition) is 3. The minimum Gasteiger partial charge on any atom is -0.364 e. The van der Waals surface area contributed by atoms with Gasteiger partial charge in [0, 0.05) is 5.54 Å². The third kappa shape index (κ3) is 1.99. The molecule has 1 aliphatic rings. The maximum Gasteiger partial charge on any atom is 0.159 e. The van der Waals surface area contributed by atoms with Gasteiger partial charge in [0.1, 0.15) is 16.6 Å². The van der Waals surface area contributed by atoms with Crippen molar-refractivity contribution in [3.05, 3.63) is 10.8 Å². The Morgan fingerprint density at radius 2 is 2.12 bits per heavy atom. The Labute approximate surface area is 103 Å². The van der Waals surface area contributed by atoms with E-state index >= 15 is 0 Å². The van der Waals surface area contributed by atoms with E-state index in [1.807, 2.05) is 0 Å². The molecule has 0 aromatic carbocycles. The normalized spacial score (nSPS) is 17.7. The Bertz CT molecular complexity index is 372. The second-order valence-corrected chi connectivity index (χ2v) is 4.93. The van der Waals surface area contributed by atoms with Crippen LogP contribution in [0.4, 0.5) is 11.6 Å². The van der Waals surface area contributed by atoms with E-state index in [1.54, 1.807) is 0 Å². The fourth-order valence-electron chi connectivity index (χ4n) is 1.98. The van der Waals surface area contributed by atoms with Gasteiger partial charge in [-0.3, -0.25) is 0 Å². The minimum atomic E-state index is 0.211. The zero-order chi connectivity index (χ0) is 11.6. The average Bonchev–Trinajstić information content (AvgIpc) is 2.25. The standard InChI is InChI=1S/C10H16BrN5/c1-2-10(4-3-5-10)15-8-7(11)9(16-12)14-6-13-8/h6H,2-5,12H2,1H3,(H2,13,14,15,16). The van der Waals surface area contributed by atoms with E-state index < -0.39 is 0 Å². The first-order chi connectivity index (χ1) is 7.71. The van der Waals surface area contributed by atoms with Crippen molar-refractivity contribution < 1.29 is 0 Å². The van der Waals surface area contributed by atoms with Gasteiger partial charge in [-0.15, -0.1) is 0 Å². The summed E-state index contributed by atoms with van der Waals surface area (Å²) >= 11 is 3.45. The van der Waals surface area contributed by atoms with Gasteiger partial charge >= 0.3 is 0 Å². The molecule has 4 N–H and O–H groups in total. The molecule has 1 aromatic rings. The Kier molecular flexibility index (Phi) is 3.30. The van der Waals surface area contributed by atoms with Crippen LogP contribution in [0.5, 0.6) is 0 Å². The quantitative estimate of drug-likeness (QED) is 0.584. The van der Waals surface area contributed by atoms with Gasteiger partial charge in [-0.25, -0.2) is 15.8 Å². The molecule has 0 aliphatic heterocycles. The number of rotatable bonds is 4. The van der Waals surface area contributed by atoms with E-state index in [2.05, 4.69) is 43.6 Å². The summed E-state index contributed by atoms with van der Waals surface area (Å²) in [5.74, 6) is 6.77. The molecule has 0 spiro atoms. The number of nitrogen functional groups attached to an aromatic ring is 1. The van der Waals surface area contributed by atoms with E-state index in [0.29, 0.717) is 5.82 Å². The van der Waals surface area contributed by atoms with Crippen LogP contribution in [0.2, 0.25) is 0 Å². The molecule has 1 saturated carbocycles. The van der Waals surface area contributed by atoms with Crippen LogP contribution >= 0.6 is 15.9 Å². The Hall–Kier alpha value is -0.880. The smallest absolute Gasteiger partial charge is 0.159 e. The van der Waals surface area contributed by atoms with Crippen molar-refractivity contribution in [3.8, 4) is 0 Å². The van der Waals surface area contributed by atoms with Crippen molar-refractivity contribution in [2.75, 3.05) is 10.7 Å². The predicted molar refractivity (Wildman–Crippen MR) is 68.0 cm³/mol. The highest BCUT2D eigenvalue weighted by Crippen LogP contribution is 2.39. The monoisotopic (exact) mass is 285 g/mol. The molecular weight excluding hydrogens is 270 g/mol. The number of nitrogens with zero attached hydrogens (tertiary/aromatic N) is 2. The predicted octanol–water partition coefficient (Wildman–Crippen LogP) is 2.27. The molecule has 2 rings (SSSR count). The van der Waals surface area contributed by atoms with Crippen LogP contribution < -0.4 is 16.6 Å². The van der Waals surface area contributed by atoms with Crippen LogP contribution in [0.1, 0.15) is 32.6 Å². The summed E-state index contributed by atoms with van der Waals surface area (Å²) in [4.78, 5) is 8.26. The summed E-state index contributed by atoms with van der Waals surface area (Å²) in [6.07, 6.45) is 6.29. The number of nitrogens with one attached hydrogen (secondary N) is 2. The fourth-order valence-corrected chi connectivity index (χ4v) is 2.40. The third-order valence-electron chi connectivity index (χ3n) is 3.30. The maximum absolute atomic E-state index is 5.36. The highest BCUT2D eigenvalue weighted by Gasteiger charge is 2.35. The second-order valence-electron chi connectivity index (χ2n) is 4.14. The summed E-state index contributed by atoms with van der Waals surface area (Å²) in [5, 5.41) is 3.49. The SMILES string of the molecule is CCC1(Nc2ncnc(NN)c2Br)CCC1. The summed E-state index contributed by atoms with van der Waals surface area (Å²) in [7, 11) is 0. The molecule has 1 fully saturated rings. The van der Waals surface area contributed by atoms with E-state index in [1.165, 1.54) is 25.6 Å². The van der Waals surface area contributed by atoms with Crippen molar-refractivity contribution in [1.82, 2.24) is 9.97 Å². The molecular formula is C10H16BrN5. The van der Waals surface area contributed by atoms with Gasteiger partial charge in [-0.1, -0.05) is 6.92 Å². The summed E-state index contributed by atoms with van der Waals surface area (Å²) < 4.78 is 0.789. The average molecular weight is 286 g/mol. The maximum atomic E-state index is 5.36. The van der Waals surface area contributed by atoms with Gasteiger partial charge in [0.05, 0.1) is 0 Å². The first-order valence-electron chi connectivity index (χ1n) is 5.46. The molecule has 16 heavy (non-hydrogen) atoms. The van der Waals surface area contributed by atoms with E-state index in [0.717, 1.165) is 16.7 Å². The molecule has 0 saturated heterocycles. The van der Waals surface area contributed by atoms with Gasteiger partial charge < -0.3 is 10.7 Å². The zero-order valence-electron chi connectivity index (χ0n) is 9.26. The zero-order valence-corrected chi connectivity index (χ0v) is 10.8. The Morgan fingerprint density at radius 1 is 1.44 bits per heavy atom. The molecule has 0 atom stereocenters. The molecule has 6 heteroatoms. The highest BCUT2D eigenvalue weighted by atomic mass is 79.9. The van der Waals surface area contributed by atoms with Crippen molar-refractivity contribution in [3.63, 3.8) is 0 Å². The van der Waals surface area contributed by atoms with Crippen molar-refractivity contribution in [1.29, 1.82) is 0 Å². The van der Waals surface area contributed by atoms with Crippen molar-refractivity contribution in [2.24, 2.45) is 5.84 Å². The van der Waals surface area contributed by atoms with Crippen LogP contribution in [0.3, 0.4) is 0 Å². The molecule has 1 aromatic heterocycles. The van der Waals surface area contributed by atoms with Crippen molar-refractivity contribution in [2.45, 2.75) is 38.1 Å². The van der Waals surface area contributed by atoms with Crippen LogP contribution in [0, 0.1) is 0 Å². The molecule has 1 heterocycles. The third-order valence-corrected chi connectivity index (χ3v) is 4.05. The molecule has 0 amide bonds. The molecule has 0 unspecified atom stereocenters. The molecule has 5 nitrogen and oxygen atoms in total. The first kappa shape index (κ1) is 11.6. The van der Waals surface area contributed by atoms with Crippen LogP contribution in [0.25, 0.3) is 0 Å². The van der Waals surface area contributed by atoms with E-state index in [9.17, 15) is 0 Å². The van der Waals surface area contributed by atoms with Crippen molar-refractivity contribution >= 4 is 27.6 Å². The second kappa shape index (κ2) is 4.55. The number of hydrazine groups is 1. The highest BCUT2D eigenvalue weighted by molar-refractivity contribution is 9.10.